The average Bonchev–Trinajstić information content (AvgIpc) is 2.92. The molecule has 24 heavy (non-hydrogen) atoms. The number of methoxy groups -OCH3 is 1. The Bertz CT molecular complexity index is 555. The maximum Gasteiger partial charge on any atom is 0.491 e. The zero-order valence-electron chi connectivity index (χ0n) is 13.5. The van der Waals surface area contributed by atoms with Gasteiger partial charge in [-0.05, 0) is 23.2 Å². The molecular weight excluding hydrogens is 338 g/mol. The second kappa shape index (κ2) is 9.98. The molecule has 132 valence electrons. The fourth-order valence-corrected chi connectivity index (χ4v) is 2.40. The lowest BCUT2D eigenvalue weighted by Gasteiger charge is -2.09. The first kappa shape index (κ1) is 19.2. The number of carbonyl (C=O) groups excluding carboxylic acids is 1. The van der Waals surface area contributed by atoms with E-state index >= 15 is 0 Å². The van der Waals surface area contributed by atoms with E-state index in [-0.39, 0.29) is 30.4 Å². The van der Waals surface area contributed by atoms with E-state index in [1.165, 1.54) is 6.07 Å². The second-order valence-electron chi connectivity index (χ2n) is 5.05. The first-order valence-electron chi connectivity index (χ1n) is 7.57. The lowest BCUT2D eigenvalue weighted by atomic mass is 9.79. The van der Waals surface area contributed by atoms with Crippen LogP contribution in [0.15, 0.2) is 12.1 Å². The van der Waals surface area contributed by atoms with Crippen molar-refractivity contribution in [3.63, 3.8) is 0 Å². The molecule has 0 bridgehead atoms. The molecule has 2 rings (SSSR count). The van der Waals surface area contributed by atoms with Gasteiger partial charge in [0.25, 0.3) is 0 Å². The Hall–Kier alpha value is -1.16. The fraction of sp³-hybridized carbons (Fsp3) is 0.533. The highest BCUT2D eigenvalue weighted by atomic mass is 35.5. The van der Waals surface area contributed by atoms with E-state index < -0.39 is 13.1 Å². The molecule has 0 radical (unpaired) electrons. The minimum atomic E-state index is -1.04. The van der Waals surface area contributed by atoms with Gasteiger partial charge in [0.05, 0.1) is 50.2 Å². The Morgan fingerprint density at radius 2 is 1.88 bits per heavy atom. The van der Waals surface area contributed by atoms with Crippen molar-refractivity contribution in [1.82, 2.24) is 0 Å². The van der Waals surface area contributed by atoms with Gasteiger partial charge in [-0.1, -0.05) is 11.6 Å². The van der Waals surface area contributed by atoms with Crippen LogP contribution in [0.3, 0.4) is 0 Å². The standard InChI is InChI=1S/C15H20BClO7/c1-20-2-3-21-4-5-22-6-7-23-15(18)12-9-13-11(8-14(12)17)10-24-16(13)19/h8-9,19H,2-7,10H2,1H3. The number of fused-ring (bicyclic) bond motifs is 1. The Kier molecular flexibility index (Phi) is 7.97. The highest BCUT2D eigenvalue weighted by Crippen LogP contribution is 2.21. The molecular formula is C15H20BClO7. The lowest BCUT2D eigenvalue weighted by molar-refractivity contribution is 0.00571. The molecule has 0 saturated carbocycles. The van der Waals surface area contributed by atoms with Crippen LogP contribution in [-0.2, 0) is 30.2 Å². The largest absolute Gasteiger partial charge is 0.491 e. The minimum absolute atomic E-state index is 0.101. The van der Waals surface area contributed by atoms with Crippen molar-refractivity contribution in [2.45, 2.75) is 6.61 Å². The van der Waals surface area contributed by atoms with Crippen molar-refractivity contribution in [2.75, 3.05) is 46.8 Å². The van der Waals surface area contributed by atoms with Gasteiger partial charge in [0.2, 0.25) is 0 Å². The maximum absolute atomic E-state index is 12.1. The van der Waals surface area contributed by atoms with Gasteiger partial charge in [0.1, 0.15) is 6.61 Å². The number of benzene rings is 1. The van der Waals surface area contributed by atoms with Crippen LogP contribution in [0.4, 0.5) is 0 Å². The summed E-state index contributed by atoms with van der Waals surface area (Å²) in [6.07, 6.45) is 0. The first-order valence-corrected chi connectivity index (χ1v) is 7.94. The maximum atomic E-state index is 12.1. The molecule has 1 N–H and O–H groups in total. The number of esters is 1. The summed E-state index contributed by atoms with van der Waals surface area (Å²) in [5, 5.41) is 9.94. The quantitative estimate of drug-likeness (QED) is 0.368. The van der Waals surface area contributed by atoms with Crippen LogP contribution >= 0.6 is 11.6 Å². The van der Waals surface area contributed by atoms with Crippen molar-refractivity contribution < 1.29 is 33.4 Å². The molecule has 0 fully saturated rings. The van der Waals surface area contributed by atoms with Crippen molar-refractivity contribution in [1.29, 1.82) is 0 Å². The number of ether oxygens (including phenoxy) is 4. The normalized spacial score (nSPS) is 13.2. The van der Waals surface area contributed by atoms with E-state index in [9.17, 15) is 9.82 Å². The molecule has 1 aliphatic rings. The van der Waals surface area contributed by atoms with Crippen LogP contribution in [0, 0.1) is 0 Å². The topological polar surface area (TPSA) is 83.5 Å². The monoisotopic (exact) mass is 358 g/mol. The molecule has 0 spiro atoms. The van der Waals surface area contributed by atoms with Gasteiger partial charge in [-0.2, -0.15) is 0 Å². The van der Waals surface area contributed by atoms with E-state index in [1.807, 2.05) is 0 Å². The molecule has 1 aliphatic heterocycles. The summed E-state index contributed by atoms with van der Waals surface area (Å²) in [7, 11) is 0.570. The summed E-state index contributed by atoms with van der Waals surface area (Å²) in [5.41, 5.74) is 1.50. The molecule has 1 aromatic carbocycles. The summed E-state index contributed by atoms with van der Waals surface area (Å²) in [5.74, 6) is -0.568. The average molecular weight is 359 g/mol. The number of hydrogen-bond donors (Lipinski definition) is 1. The lowest BCUT2D eigenvalue weighted by Crippen LogP contribution is -2.29. The zero-order chi connectivity index (χ0) is 17.4. The highest BCUT2D eigenvalue weighted by Gasteiger charge is 2.29. The number of carbonyl (C=O) groups is 1. The molecule has 0 unspecified atom stereocenters. The smallest absolute Gasteiger partial charge is 0.460 e. The Morgan fingerprint density at radius 1 is 1.21 bits per heavy atom. The summed E-state index contributed by atoms with van der Waals surface area (Å²) in [6.45, 7) is 2.54. The first-order chi connectivity index (χ1) is 11.6. The van der Waals surface area contributed by atoms with Crippen LogP contribution in [0.5, 0.6) is 0 Å². The molecule has 0 saturated heterocycles. The SMILES string of the molecule is COCCOCCOCCOC(=O)c1cc2c(cc1Cl)COB2O. The van der Waals surface area contributed by atoms with E-state index in [1.54, 1.807) is 13.2 Å². The van der Waals surface area contributed by atoms with E-state index in [0.29, 0.717) is 31.9 Å². The Labute approximate surface area is 145 Å². The molecule has 7 nitrogen and oxygen atoms in total. The van der Waals surface area contributed by atoms with Gasteiger partial charge in [-0.25, -0.2) is 4.79 Å². The second-order valence-corrected chi connectivity index (χ2v) is 5.45. The van der Waals surface area contributed by atoms with Crippen LogP contribution in [0.1, 0.15) is 15.9 Å². The predicted octanol–water partition coefficient (Wildman–Crippen LogP) is 0.394. The summed E-state index contributed by atoms with van der Waals surface area (Å²) < 4.78 is 25.6. The fourth-order valence-electron chi connectivity index (χ4n) is 2.14. The molecule has 1 heterocycles. The minimum Gasteiger partial charge on any atom is -0.460 e. The van der Waals surface area contributed by atoms with Gasteiger partial charge in [-0.15, -0.1) is 0 Å². The van der Waals surface area contributed by atoms with Crippen LogP contribution in [0.2, 0.25) is 5.02 Å². The highest BCUT2D eigenvalue weighted by molar-refractivity contribution is 6.61. The summed E-state index contributed by atoms with van der Waals surface area (Å²) >= 11 is 6.08. The Balaban J connectivity index is 1.69. The molecule has 1 aromatic rings. The third kappa shape index (κ3) is 5.44. The summed E-state index contributed by atoms with van der Waals surface area (Å²) in [4.78, 5) is 12.1. The number of hydrogen-bond acceptors (Lipinski definition) is 7. The molecule has 0 aliphatic carbocycles. The third-order valence-electron chi connectivity index (χ3n) is 3.38. The van der Waals surface area contributed by atoms with Gasteiger partial charge in [0, 0.05) is 7.11 Å². The number of rotatable bonds is 10. The third-order valence-corrected chi connectivity index (χ3v) is 3.69. The molecule has 0 atom stereocenters. The van der Waals surface area contributed by atoms with Gasteiger partial charge >= 0.3 is 13.1 Å². The number of halogens is 1. The van der Waals surface area contributed by atoms with Crippen LogP contribution < -0.4 is 5.46 Å². The molecule has 9 heteroatoms. The van der Waals surface area contributed by atoms with Gasteiger partial charge in [-0.3, -0.25) is 0 Å². The zero-order valence-corrected chi connectivity index (χ0v) is 14.2. The predicted molar refractivity (Wildman–Crippen MR) is 87.6 cm³/mol. The molecule has 0 aromatic heterocycles. The Morgan fingerprint density at radius 3 is 2.58 bits per heavy atom. The van der Waals surface area contributed by atoms with Crippen molar-refractivity contribution in [3.8, 4) is 0 Å². The van der Waals surface area contributed by atoms with Crippen molar-refractivity contribution in [2.24, 2.45) is 0 Å². The van der Waals surface area contributed by atoms with E-state index in [2.05, 4.69) is 0 Å². The van der Waals surface area contributed by atoms with Crippen LogP contribution in [0.25, 0.3) is 0 Å². The summed E-state index contributed by atoms with van der Waals surface area (Å²) in [6, 6.07) is 3.11. The van der Waals surface area contributed by atoms with Crippen molar-refractivity contribution >= 4 is 30.2 Å². The van der Waals surface area contributed by atoms with Crippen molar-refractivity contribution in [3.05, 3.63) is 28.3 Å². The van der Waals surface area contributed by atoms with Crippen LogP contribution in [-0.4, -0.2) is 64.9 Å². The molecule has 0 amide bonds. The van der Waals surface area contributed by atoms with Gasteiger partial charge < -0.3 is 28.6 Å². The van der Waals surface area contributed by atoms with Gasteiger partial charge in [0.15, 0.2) is 0 Å². The van der Waals surface area contributed by atoms with E-state index in [4.69, 9.17) is 35.2 Å². The van der Waals surface area contributed by atoms with E-state index in [0.717, 1.165) is 5.56 Å².